The molecule has 0 bridgehead atoms. The molecule has 0 aromatic carbocycles. The average molecular weight is 459 g/mol. The molecular weight excluding hydrogens is 428 g/mol. The second-order valence-electron chi connectivity index (χ2n) is 8.54. The van der Waals surface area contributed by atoms with Crippen LogP contribution in [0.4, 0.5) is 9.59 Å². The zero-order chi connectivity index (χ0) is 22.8. The summed E-state index contributed by atoms with van der Waals surface area (Å²) in [5, 5.41) is 0. The van der Waals surface area contributed by atoms with Gasteiger partial charge < -0.3 is 9.47 Å². The minimum Gasteiger partial charge on any atom is -0.443 e. The molecule has 0 aromatic rings. The van der Waals surface area contributed by atoms with Crippen LogP contribution in [0, 0.1) is 0 Å². The topological polar surface area (TPSA) is 129 Å². The third-order valence-electron chi connectivity index (χ3n) is 3.02. The molecule has 0 spiro atoms. The summed E-state index contributed by atoms with van der Waals surface area (Å²) in [6.45, 7) is 13.9. The molecule has 11 nitrogen and oxygen atoms in total. The van der Waals surface area contributed by atoms with E-state index in [4.69, 9.17) is 13.7 Å². The van der Waals surface area contributed by atoms with Gasteiger partial charge in [0.2, 0.25) is 0 Å². The lowest BCUT2D eigenvalue weighted by Gasteiger charge is -2.22. The fourth-order valence-electron chi connectivity index (χ4n) is 2.06. The van der Waals surface area contributed by atoms with Gasteiger partial charge in [0, 0.05) is 0 Å². The largest absolute Gasteiger partial charge is 0.443 e. The number of hydrogen-bond donors (Lipinski definition) is 0. The fourth-order valence-corrected chi connectivity index (χ4v) is 4.19. The van der Waals surface area contributed by atoms with Crippen LogP contribution in [-0.4, -0.2) is 69.9 Å². The van der Waals surface area contributed by atoms with Crippen LogP contribution in [-0.2, 0) is 39.4 Å². The first-order valence-corrected chi connectivity index (χ1v) is 11.3. The molecular formula is C16H30N2O9S2. The monoisotopic (exact) mass is 458 g/mol. The maximum atomic E-state index is 11.5. The maximum absolute atomic E-state index is 11.5. The van der Waals surface area contributed by atoms with E-state index in [9.17, 15) is 22.2 Å². The zero-order valence-corrected chi connectivity index (χ0v) is 19.6. The molecule has 2 aliphatic rings. The molecule has 0 aliphatic carbocycles. The van der Waals surface area contributed by atoms with Gasteiger partial charge >= 0.3 is 22.5 Å². The highest BCUT2D eigenvalue weighted by molar-refractivity contribution is 7.85. The Labute approximate surface area is 174 Å². The molecule has 3 atom stereocenters. The van der Waals surface area contributed by atoms with E-state index in [0.29, 0.717) is 10.8 Å². The van der Waals surface area contributed by atoms with Gasteiger partial charge in [-0.3, -0.25) is 4.18 Å². The van der Waals surface area contributed by atoms with Gasteiger partial charge in [0.25, 0.3) is 11.3 Å². The fraction of sp³-hybridized carbons (Fsp3) is 0.875. The van der Waals surface area contributed by atoms with Crippen molar-refractivity contribution in [3.63, 3.8) is 0 Å². The lowest BCUT2D eigenvalue weighted by atomic mass is 10.2. The molecule has 2 saturated heterocycles. The van der Waals surface area contributed by atoms with E-state index in [-0.39, 0.29) is 12.6 Å². The molecule has 2 fully saturated rings. The number of ether oxygens (including phenoxy) is 2. The first-order chi connectivity index (χ1) is 12.9. The van der Waals surface area contributed by atoms with Crippen molar-refractivity contribution in [3.8, 4) is 0 Å². The molecule has 2 heterocycles. The number of carbonyl (C=O) groups excluding carboxylic acids is 2. The van der Waals surface area contributed by atoms with Gasteiger partial charge in [-0.15, -0.1) is 0 Å². The van der Waals surface area contributed by atoms with Crippen LogP contribution in [0.15, 0.2) is 0 Å². The molecule has 2 aliphatic heterocycles. The number of rotatable bonds is 0. The lowest BCUT2D eigenvalue weighted by molar-refractivity contribution is 0.0389. The molecule has 2 amide bonds. The number of hydrogen-bond acceptors (Lipinski definition) is 9. The lowest BCUT2D eigenvalue weighted by Crippen LogP contribution is -2.37. The molecule has 1 unspecified atom stereocenters. The molecule has 0 N–H and O–H groups in total. The summed E-state index contributed by atoms with van der Waals surface area (Å²) in [5.41, 5.74) is -1.30. The molecule has 0 aromatic heterocycles. The summed E-state index contributed by atoms with van der Waals surface area (Å²) in [7, 11) is -3.95. The Bertz CT molecular complexity index is 740. The van der Waals surface area contributed by atoms with Crippen LogP contribution < -0.4 is 0 Å². The zero-order valence-electron chi connectivity index (χ0n) is 18.0. The molecule has 13 heteroatoms. The molecule has 2 rings (SSSR count). The highest BCUT2D eigenvalue weighted by Gasteiger charge is 2.41. The normalized spacial score (nSPS) is 26.6. The third kappa shape index (κ3) is 8.44. The van der Waals surface area contributed by atoms with E-state index in [1.54, 1.807) is 55.4 Å². The molecule has 29 heavy (non-hydrogen) atoms. The van der Waals surface area contributed by atoms with Gasteiger partial charge in [0.15, 0.2) is 0 Å². The van der Waals surface area contributed by atoms with E-state index in [2.05, 4.69) is 4.18 Å². The predicted molar refractivity (Wildman–Crippen MR) is 104 cm³/mol. The van der Waals surface area contributed by atoms with Crippen LogP contribution in [0.2, 0.25) is 0 Å². The van der Waals surface area contributed by atoms with Crippen molar-refractivity contribution in [2.75, 3.05) is 13.1 Å². The average Bonchev–Trinajstić information content (AvgIpc) is 2.93. The summed E-state index contributed by atoms with van der Waals surface area (Å²) >= 11 is -1.70. The number of carbonyl (C=O) groups is 2. The summed E-state index contributed by atoms with van der Waals surface area (Å²) < 4.78 is 55.0. The van der Waals surface area contributed by atoms with E-state index >= 15 is 0 Å². The second kappa shape index (κ2) is 9.14. The first kappa shape index (κ1) is 25.6. The van der Waals surface area contributed by atoms with Gasteiger partial charge in [-0.2, -0.15) is 12.7 Å². The van der Waals surface area contributed by atoms with Gasteiger partial charge in [0.05, 0.1) is 25.3 Å². The molecule has 0 radical (unpaired) electrons. The predicted octanol–water partition coefficient (Wildman–Crippen LogP) is 2.11. The van der Waals surface area contributed by atoms with Crippen LogP contribution in [0.5, 0.6) is 0 Å². The Morgan fingerprint density at radius 3 is 1.76 bits per heavy atom. The SMILES string of the molecule is C[C@H]1CN(C(=O)OC(C)(C)C)S(=O)(=O)O1.C[C@H]1CN(C(=O)OC(C)(C)C)S(=O)O1. The Hall–Kier alpha value is -1.44. The van der Waals surface area contributed by atoms with Crippen LogP contribution in [0.3, 0.4) is 0 Å². The number of nitrogens with zero attached hydrogens (tertiary/aromatic N) is 2. The van der Waals surface area contributed by atoms with Crippen LogP contribution in [0.25, 0.3) is 0 Å². The van der Waals surface area contributed by atoms with Crippen molar-refractivity contribution < 1.29 is 40.1 Å². The van der Waals surface area contributed by atoms with Crippen molar-refractivity contribution >= 4 is 33.8 Å². The van der Waals surface area contributed by atoms with Crippen molar-refractivity contribution in [2.24, 2.45) is 0 Å². The quantitative estimate of drug-likeness (QED) is 0.536. The summed E-state index contributed by atoms with van der Waals surface area (Å²) in [6.07, 6.45) is -2.22. The van der Waals surface area contributed by atoms with Gasteiger partial charge in [-0.25, -0.2) is 22.3 Å². The van der Waals surface area contributed by atoms with Crippen molar-refractivity contribution in [1.82, 2.24) is 8.61 Å². The van der Waals surface area contributed by atoms with E-state index < -0.39 is 51.1 Å². The maximum Gasteiger partial charge on any atom is 0.425 e. The van der Waals surface area contributed by atoms with E-state index in [1.165, 1.54) is 0 Å². The van der Waals surface area contributed by atoms with Crippen LogP contribution >= 0.6 is 0 Å². The highest BCUT2D eigenvalue weighted by atomic mass is 32.2. The summed E-state index contributed by atoms with van der Waals surface area (Å²) in [6, 6.07) is 0. The Morgan fingerprint density at radius 1 is 0.931 bits per heavy atom. The highest BCUT2D eigenvalue weighted by Crippen LogP contribution is 2.21. The first-order valence-electron chi connectivity index (χ1n) is 8.95. The third-order valence-corrected chi connectivity index (χ3v) is 5.58. The smallest absolute Gasteiger partial charge is 0.425 e. The van der Waals surface area contributed by atoms with Gasteiger partial charge in [-0.1, -0.05) is 0 Å². The number of amides is 2. The Kier molecular flexibility index (Phi) is 8.07. The van der Waals surface area contributed by atoms with Crippen molar-refractivity contribution in [3.05, 3.63) is 0 Å². The van der Waals surface area contributed by atoms with Crippen molar-refractivity contribution in [2.45, 2.75) is 78.8 Å². The van der Waals surface area contributed by atoms with Gasteiger partial charge in [-0.05, 0) is 55.4 Å². The summed E-state index contributed by atoms with van der Waals surface area (Å²) in [4.78, 5) is 22.9. The summed E-state index contributed by atoms with van der Waals surface area (Å²) in [5.74, 6) is 0. The second-order valence-corrected chi connectivity index (χ2v) is 11.1. The van der Waals surface area contributed by atoms with Crippen LogP contribution in [0.1, 0.15) is 55.4 Å². The standard InChI is InChI=1S/C8H15NO5S.C8H15NO4S/c1-6-5-9(15(11,12)14-6)7(10)13-8(2,3)4;1-6-5-9(14(11)13-6)7(10)12-8(2,3)4/h6H,5H2,1-4H3;6H,5H2,1-4H3/t6-;6-,14?/m00/s1. The molecule has 0 saturated carbocycles. The Balaban J connectivity index is 0.000000291. The van der Waals surface area contributed by atoms with Gasteiger partial charge in [0.1, 0.15) is 11.2 Å². The minimum absolute atomic E-state index is 0.00273. The van der Waals surface area contributed by atoms with E-state index in [1.807, 2.05) is 0 Å². The molecule has 170 valence electrons. The minimum atomic E-state index is -3.95. The van der Waals surface area contributed by atoms with Crippen molar-refractivity contribution in [1.29, 1.82) is 0 Å². The Morgan fingerprint density at radius 2 is 1.41 bits per heavy atom. The van der Waals surface area contributed by atoms with E-state index in [0.717, 1.165) is 4.31 Å².